The van der Waals surface area contributed by atoms with Gasteiger partial charge in [0.25, 0.3) is 0 Å². The molecule has 1 aliphatic rings. The van der Waals surface area contributed by atoms with E-state index >= 15 is 0 Å². The zero-order valence-electron chi connectivity index (χ0n) is 12.9. The van der Waals surface area contributed by atoms with E-state index in [9.17, 15) is 0 Å². The van der Waals surface area contributed by atoms with Gasteiger partial charge in [-0.3, -0.25) is 4.90 Å². The van der Waals surface area contributed by atoms with Gasteiger partial charge in [-0.25, -0.2) is 0 Å². The van der Waals surface area contributed by atoms with E-state index in [1.807, 2.05) is 0 Å². The van der Waals surface area contributed by atoms with Crippen LogP contribution in [0.4, 0.5) is 0 Å². The summed E-state index contributed by atoms with van der Waals surface area (Å²) < 4.78 is 0. The smallest absolute Gasteiger partial charge is 0.0193 e. The Kier molecular flexibility index (Phi) is 7.87. The van der Waals surface area contributed by atoms with Crippen LogP contribution in [0.5, 0.6) is 0 Å². The van der Waals surface area contributed by atoms with Crippen molar-refractivity contribution < 1.29 is 0 Å². The van der Waals surface area contributed by atoms with Crippen LogP contribution in [-0.4, -0.2) is 61.2 Å². The number of nitrogens with one attached hydrogen (secondary N) is 1. The zero-order valence-corrected chi connectivity index (χ0v) is 12.9. The molecule has 0 amide bonds. The van der Waals surface area contributed by atoms with Gasteiger partial charge < -0.3 is 10.2 Å². The van der Waals surface area contributed by atoms with Gasteiger partial charge in [-0.05, 0) is 33.2 Å². The SMILES string of the molecule is CCCC(C)NCC(C)N1CCN(CCC)CC1. The minimum absolute atomic E-state index is 0.666. The Bertz CT molecular complexity index is 200. The van der Waals surface area contributed by atoms with Crippen LogP contribution in [0.15, 0.2) is 0 Å². The molecule has 18 heavy (non-hydrogen) atoms. The first-order valence-electron chi connectivity index (χ1n) is 7.87. The topological polar surface area (TPSA) is 18.5 Å². The fraction of sp³-hybridized carbons (Fsp3) is 1.00. The third-order valence-corrected chi connectivity index (χ3v) is 4.05. The highest BCUT2D eigenvalue weighted by Crippen LogP contribution is 2.07. The molecular formula is C15H33N3. The fourth-order valence-electron chi connectivity index (χ4n) is 2.78. The summed E-state index contributed by atoms with van der Waals surface area (Å²) in [4.78, 5) is 5.23. The fourth-order valence-corrected chi connectivity index (χ4v) is 2.78. The van der Waals surface area contributed by atoms with E-state index in [2.05, 4.69) is 42.8 Å². The summed E-state index contributed by atoms with van der Waals surface area (Å²) >= 11 is 0. The molecule has 3 heteroatoms. The molecule has 2 unspecified atom stereocenters. The van der Waals surface area contributed by atoms with E-state index in [4.69, 9.17) is 0 Å². The molecule has 0 radical (unpaired) electrons. The summed E-state index contributed by atoms with van der Waals surface area (Å²) in [6.07, 6.45) is 3.85. The third kappa shape index (κ3) is 5.68. The van der Waals surface area contributed by atoms with Gasteiger partial charge in [0.2, 0.25) is 0 Å². The van der Waals surface area contributed by atoms with Crippen LogP contribution in [0, 0.1) is 0 Å². The molecule has 1 saturated heterocycles. The summed E-state index contributed by atoms with van der Waals surface area (Å²) in [6.45, 7) is 16.6. The molecule has 0 bridgehead atoms. The molecule has 2 atom stereocenters. The average molecular weight is 255 g/mol. The normalized spacial score (nSPS) is 22.0. The molecule has 1 aliphatic heterocycles. The van der Waals surface area contributed by atoms with E-state index in [1.54, 1.807) is 0 Å². The molecule has 0 aromatic rings. The first-order valence-corrected chi connectivity index (χ1v) is 7.87. The number of hydrogen-bond acceptors (Lipinski definition) is 3. The second-order valence-electron chi connectivity index (χ2n) is 5.82. The van der Waals surface area contributed by atoms with Gasteiger partial charge in [-0.1, -0.05) is 20.3 Å². The highest BCUT2D eigenvalue weighted by atomic mass is 15.3. The third-order valence-electron chi connectivity index (χ3n) is 4.05. The molecule has 0 saturated carbocycles. The minimum atomic E-state index is 0.666. The lowest BCUT2D eigenvalue weighted by Gasteiger charge is -2.38. The van der Waals surface area contributed by atoms with Crippen molar-refractivity contribution in [3.05, 3.63) is 0 Å². The standard InChI is InChI=1S/C15H33N3/c1-5-7-14(3)16-13-15(4)18-11-9-17(8-6-2)10-12-18/h14-16H,5-13H2,1-4H3. The van der Waals surface area contributed by atoms with E-state index in [1.165, 1.54) is 52.0 Å². The Labute approximate surface area is 114 Å². The van der Waals surface area contributed by atoms with Crippen LogP contribution in [0.3, 0.4) is 0 Å². The average Bonchev–Trinajstić information content (AvgIpc) is 2.37. The molecule has 0 aliphatic carbocycles. The van der Waals surface area contributed by atoms with Gasteiger partial charge in [0.05, 0.1) is 0 Å². The van der Waals surface area contributed by atoms with Crippen molar-refractivity contribution in [2.75, 3.05) is 39.3 Å². The van der Waals surface area contributed by atoms with Crippen LogP contribution < -0.4 is 5.32 Å². The Balaban J connectivity index is 2.17. The van der Waals surface area contributed by atoms with E-state index in [-0.39, 0.29) is 0 Å². The monoisotopic (exact) mass is 255 g/mol. The summed E-state index contributed by atoms with van der Waals surface area (Å²) in [5.41, 5.74) is 0. The van der Waals surface area contributed by atoms with Crippen LogP contribution in [0.25, 0.3) is 0 Å². The lowest BCUT2D eigenvalue weighted by molar-refractivity contribution is 0.101. The predicted molar refractivity (Wildman–Crippen MR) is 80.1 cm³/mol. The van der Waals surface area contributed by atoms with Gasteiger partial charge in [0.1, 0.15) is 0 Å². The molecule has 1 heterocycles. The lowest BCUT2D eigenvalue weighted by atomic mass is 10.1. The Morgan fingerprint density at radius 1 is 1.00 bits per heavy atom. The van der Waals surface area contributed by atoms with Gasteiger partial charge >= 0.3 is 0 Å². The van der Waals surface area contributed by atoms with E-state index in [0.717, 1.165) is 6.54 Å². The van der Waals surface area contributed by atoms with Crippen molar-refractivity contribution in [2.24, 2.45) is 0 Å². The summed E-state index contributed by atoms with van der Waals surface area (Å²) in [5.74, 6) is 0. The lowest BCUT2D eigenvalue weighted by Crippen LogP contribution is -2.52. The number of piperazine rings is 1. The Morgan fingerprint density at radius 3 is 2.22 bits per heavy atom. The van der Waals surface area contributed by atoms with Crippen molar-refractivity contribution in [1.29, 1.82) is 0 Å². The summed E-state index contributed by atoms with van der Waals surface area (Å²) in [6, 6.07) is 1.34. The molecule has 1 N–H and O–H groups in total. The molecule has 0 aromatic carbocycles. The second-order valence-corrected chi connectivity index (χ2v) is 5.82. The highest BCUT2D eigenvalue weighted by Gasteiger charge is 2.20. The number of nitrogens with zero attached hydrogens (tertiary/aromatic N) is 2. The van der Waals surface area contributed by atoms with Crippen LogP contribution >= 0.6 is 0 Å². The molecule has 1 rings (SSSR count). The molecule has 108 valence electrons. The number of rotatable bonds is 8. The van der Waals surface area contributed by atoms with Crippen molar-refractivity contribution in [2.45, 2.75) is 59.0 Å². The molecule has 3 nitrogen and oxygen atoms in total. The molecular weight excluding hydrogens is 222 g/mol. The van der Waals surface area contributed by atoms with Crippen molar-refractivity contribution in [3.63, 3.8) is 0 Å². The second kappa shape index (κ2) is 8.89. The van der Waals surface area contributed by atoms with Gasteiger partial charge in [0, 0.05) is 44.8 Å². The zero-order chi connectivity index (χ0) is 13.4. The highest BCUT2D eigenvalue weighted by molar-refractivity contribution is 4.78. The number of hydrogen-bond donors (Lipinski definition) is 1. The molecule has 0 aromatic heterocycles. The van der Waals surface area contributed by atoms with Crippen LogP contribution in [0.2, 0.25) is 0 Å². The van der Waals surface area contributed by atoms with Crippen LogP contribution in [0.1, 0.15) is 47.0 Å². The first kappa shape index (κ1) is 15.9. The quantitative estimate of drug-likeness (QED) is 0.717. The maximum Gasteiger partial charge on any atom is 0.0193 e. The first-order chi connectivity index (χ1) is 8.67. The summed E-state index contributed by atoms with van der Waals surface area (Å²) in [7, 11) is 0. The van der Waals surface area contributed by atoms with Crippen LogP contribution in [-0.2, 0) is 0 Å². The van der Waals surface area contributed by atoms with Crippen molar-refractivity contribution >= 4 is 0 Å². The predicted octanol–water partition coefficient (Wildman–Crippen LogP) is 2.18. The minimum Gasteiger partial charge on any atom is -0.313 e. The molecule has 0 spiro atoms. The van der Waals surface area contributed by atoms with Crippen molar-refractivity contribution in [1.82, 2.24) is 15.1 Å². The largest absolute Gasteiger partial charge is 0.313 e. The van der Waals surface area contributed by atoms with Gasteiger partial charge in [0.15, 0.2) is 0 Å². The van der Waals surface area contributed by atoms with Crippen molar-refractivity contribution in [3.8, 4) is 0 Å². The van der Waals surface area contributed by atoms with E-state index in [0.29, 0.717) is 12.1 Å². The van der Waals surface area contributed by atoms with E-state index < -0.39 is 0 Å². The van der Waals surface area contributed by atoms with Gasteiger partial charge in [-0.2, -0.15) is 0 Å². The maximum absolute atomic E-state index is 3.66. The maximum atomic E-state index is 3.66. The Morgan fingerprint density at radius 2 is 1.67 bits per heavy atom. The Hall–Kier alpha value is -0.120. The summed E-state index contributed by atoms with van der Waals surface area (Å²) in [5, 5.41) is 3.66. The van der Waals surface area contributed by atoms with Gasteiger partial charge in [-0.15, -0.1) is 0 Å². The molecule has 1 fully saturated rings.